The largest absolute Gasteiger partial charge is 0.508 e. The topological polar surface area (TPSA) is 61.4 Å². The van der Waals surface area contributed by atoms with Crippen LogP contribution >= 0.6 is 11.6 Å². The van der Waals surface area contributed by atoms with Gasteiger partial charge >= 0.3 is 0 Å². The fourth-order valence-electron chi connectivity index (χ4n) is 2.23. The summed E-state index contributed by atoms with van der Waals surface area (Å²) >= 11 is 5.90. The van der Waals surface area contributed by atoms with Crippen molar-refractivity contribution in [2.75, 3.05) is 10.6 Å². The van der Waals surface area contributed by atoms with Crippen LogP contribution in [0.4, 0.5) is 11.4 Å². The van der Waals surface area contributed by atoms with E-state index in [1.54, 1.807) is 24.3 Å². The molecule has 3 N–H and O–H groups in total. The zero-order chi connectivity index (χ0) is 14.1. The van der Waals surface area contributed by atoms with E-state index < -0.39 is 0 Å². The molecule has 1 amide bonds. The third kappa shape index (κ3) is 2.56. The van der Waals surface area contributed by atoms with Gasteiger partial charge in [0.05, 0.1) is 11.4 Å². The fraction of sp³-hybridized carbons (Fsp3) is 0.133. The Morgan fingerprint density at radius 2 is 1.85 bits per heavy atom. The number of hydrogen-bond donors (Lipinski definition) is 3. The maximum Gasteiger partial charge on any atom is 0.247 e. The first-order valence-corrected chi connectivity index (χ1v) is 6.64. The maximum atomic E-state index is 12.1. The van der Waals surface area contributed by atoms with Crippen molar-refractivity contribution < 1.29 is 9.90 Å². The highest BCUT2D eigenvalue weighted by atomic mass is 35.5. The summed E-state index contributed by atoms with van der Waals surface area (Å²) in [6.45, 7) is 0. The van der Waals surface area contributed by atoms with E-state index in [-0.39, 0.29) is 17.7 Å². The number of phenols is 1. The summed E-state index contributed by atoms with van der Waals surface area (Å²) in [4.78, 5) is 12.1. The Labute approximate surface area is 121 Å². The lowest BCUT2D eigenvalue weighted by Crippen LogP contribution is -2.40. The number of hydrogen-bond acceptors (Lipinski definition) is 3. The summed E-state index contributed by atoms with van der Waals surface area (Å²) in [5, 5.41) is 15.9. The minimum Gasteiger partial charge on any atom is -0.508 e. The molecule has 0 aliphatic carbocycles. The predicted molar refractivity (Wildman–Crippen MR) is 79.3 cm³/mol. The number of halogens is 1. The van der Waals surface area contributed by atoms with Gasteiger partial charge in [-0.05, 0) is 35.9 Å². The normalized spacial score (nSPS) is 17.1. The van der Waals surface area contributed by atoms with Crippen LogP contribution in [0.25, 0.3) is 0 Å². The first-order valence-electron chi connectivity index (χ1n) is 6.27. The number of rotatable bonds is 2. The highest BCUT2D eigenvalue weighted by molar-refractivity contribution is 6.31. The molecule has 20 heavy (non-hydrogen) atoms. The molecule has 1 heterocycles. The molecule has 0 bridgehead atoms. The number of carbonyl (C=O) groups excluding carboxylic acids is 1. The van der Waals surface area contributed by atoms with Gasteiger partial charge in [-0.25, -0.2) is 0 Å². The molecule has 0 aromatic heterocycles. The third-order valence-corrected chi connectivity index (χ3v) is 3.50. The predicted octanol–water partition coefficient (Wildman–Crippen LogP) is 3.02. The van der Waals surface area contributed by atoms with Gasteiger partial charge in [0.1, 0.15) is 11.8 Å². The number of aromatic hydroxyl groups is 1. The number of carbonyl (C=O) groups is 1. The zero-order valence-electron chi connectivity index (χ0n) is 10.6. The lowest BCUT2D eigenvalue weighted by Gasteiger charge is -2.27. The highest BCUT2D eigenvalue weighted by Gasteiger charge is 2.25. The van der Waals surface area contributed by atoms with Crippen LogP contribution in [0.3, 0.4) is 0 Å². The third-order valence-electron chi connectivity index (χ3n) is 3.26. The number of anilines is 2. The second kappa shape index (κ2) is 5.06. The molecule has 0 spiro atoms. The number of nitrogens with one attached hydrogen (secondary N) is 2. The quantitative estimate of drug-likeness (QED) is 0.796. The lowest BCUT2D eigenvalue weighted by atomic mass is 10.0. The van der Waals surface area contributed by atoms with E-state index >= 15 is 0 Å². The Hall–Kier alpha value is -2.20. The van der Waals surface area contributed by atoms with Crippen LogP contribution in [0, 0.1) is 0 Å². The van der Waals surface area contributed by atoms with Gasteiger partial charge in [-0.15, -0.1) is 0 Å². The Morgan fingerprint density at radius 3 is 2.60 bits per heavy atom. The molecule has 1 aliphatic rings. The average Bonchev–Trinajstić information content (AvgIpc) is 2.42. The molecular weight excluding hydrogens is 276 g/mol. The Balaban J connectivity index is 1.80. The van der Waals surface area contributed by atoms with Crippen LogP contribution in [0.2, 0.25) is 5.02 Å². The van der Waals surface area contributed by atoms with E-state index in [1.807, 2.05) is 18.2 Å². The maximum absolute atomic E-state index is 12.1. The van der Waals surface area contributed by atoms with Crippen molar-refractivity contribution >= 4 is 28.9 Å². The van der Waals surface area contributed by atoms with Crippen molar-refractivity contribution in [3.8, 4) is 5.75 Å². The Kier molecular flexibility index (Phi) is 3.24. The second-order valence-electron chi connectivity index (χ2n) is 4.75. The molecule has 2 aromatic carbocycles. The van der Waals surface area contributed by atoms with Crippen molar-refractivity contribution in [1.29, 1.82) is 0 Å². The summed E-state index contributed by atoms with van der Waals surface area (Å²) in [6, 6.07) is 11.9. The van der Waals surface area contributed by atoms with Crippen LogP contribution in [-0.2, 0) is 11.2 Å². The molecule has 0 radical (unpaired) electrons. The number of fused-ring (bicyclic) bond motifs is 1. The highest BCUT2D eigenvalue weighted by Crippen LogP contribution is 2.30. The van der Waals surface area contributed by atoms with Crippen LogP contribution in [0.1, 0.15) is 5.56 Å². The molecule has 0 saturated carbocycles. The summed E-state index contributed by atoms with van der Waals surface area (Å²) < 4.78 is 0. The van der Waals surface area contributed by atoms with Gasteiger partial charge in [-0.3, -0.25) is 4.79 Å². The molecule has 1 unspecified atom stereocenters. The monoisotopic (exact) mass is 288 g/mol. The van der Waals surface area contributed by atoms with Gasteiger partial charge in [0.2, 0.25) is 5.91 Å². The van der Waals surface area contributed by atoms with E-state index in [4.69, 9.17) is 11.6 Å². The Bertz CT molecular complexity index is 655. The SMILES string of the molecule is O=C1Nc2cc(Cl)ccc2NC1Cc1ccc(O)cc1. The Morgan fingerprint density at radius 1 is 1.10 bits per heavy atom. The minimum absolute atomic E-state index is 0.0900. The van der Waals surface area contributed by atoms with E-state index in [1.165, 1.54) is 0 Å². The smallest absolute Gasteiger partial charge is 0.247 e. The molecule has 0 fully saturated rings. The van der Waals surface area contributed by atoms with Crippen molar-refractivity contribution in [3.05, 3.63) is 53.1 Å². The van der Waals surface area contributed by atoms with Gasteiger partial charge in [0.25, 0.3) is 0 Å². The van der Waals surface area contributed by atoms with E-state index in [0.717, 1.165) is 11.3 Å². The first-order chi connectivity index (χ1) is 9.61. The van der Waals surface area contributed by atoms with Crippen LogP contribution < -0.4 is 10.6 Å². The molecular formula is C15H13ClN2O2. The molecule has 0 saturated heterocycles. The summed E-state index contributed by atoms with van der Waals surface area (Å²) in [5.41, 5.74) is 2.54. The lowest BCUT2D eigenvalue weighted by molar-refractivity contribution is -0.117. The second-order valence-corrected chi connectivity index (χ2v) is 5.18. The zero-order valence-corrected chi connectivity index (χ0v) is 11.3. The average molecular weight is 289 g/mol. The van der Waals surface area contributed by atoms with Gasteiger partial charge < -0.3 is 15.7 Å². The standard InChI is InChI=1S/C15H13ClN2O2/c16-10-3-6-12-13(8-10)18-15(20)14(17-12)7-9-1-4-11(19)5-2-9/h1-6,8,14,17,19H,7H2,(H,18,20). The van der Waals surface area contributed by atoms with Gasteiger partial charge in [0, 0.05) is 11.4 Å². The molecule has 1 atom stereocenters. The number of phenolic OH excluding ortho intramolecular Hbond substituents is 1. The number of benzene rings is 2. The van der Waals surface area contributed by atoms with Crippen LogP contribution in [0.15, 0.2) is 42.5 Å². The van der Waals surface area contributed by atoms with Gasteiger partial charge in [-0.1, -0.05) is 23.7 Å². The van der Waals surface area contributed by atoms with E-state index in [0.29, 0.717) is 17.1 Å². The van der Waals surface area contributed by atoms with Crippen molar-refractivity contribution in [1.82, 2.24) is 0 Å². The summed E-state index contributed by atoms with van der Waals surface area (Å²) in [7, 11) is 0. The molecule has 3 rings (SSSR count). The van der Waals surface area contributed by atoms with E-state index in [2.05, 4.69) is 10.6 Å². The molecule has 2 aromatic rings. The molecule has 5 heteroatoms. The van der Waals surface area contributed by atoms with E-state index in [9.17, 15) is 9.90 Å². The number of amides is 1. The first kappa shape index (κ1) is 12.8. The van der Waals surface area contributed by atoms with Crippen LogP contribution in [0.5, 0.6) is 5.75 Å². The fourth-order valence-corrected chi connectivity index (χ4v) is 2.40. The minimum atomic E-state index is -0.340. The molecule has 4 nitrogen and oxygen atoms in total. The van der Waals surface area contributed by atoms with Gasteiger partial charge in [-0.2, -0.15) is 0 Å². The molecule has 1 aliphatic heterocycles. The van der Waals surface area contributed by atoms with Gasteiger partial charge in [0.15, 0.2) is 0 Å². The van der Waals surface area contributed by atoms with Crippen molar-refractivity contribution in [3.63, 3.8) is 0 Å². The van der Waals surface area contributed by atoms with Crippen molar-refractivity contribution in [2.24, 2.45) is 0 Å². The van der Waals surface area contributed by atoms with Crippen LogP contribution in [-0.4, -0.2) is 17.1 Å². The molecule has 102 valence electrons. The summed E-state index contributed by atoms with van der Waals surface area (Å²) in [5.74, 6) is 0.127. The van der Waals surface area contributed by atoms with Crippen molar-refractivity contribution in [2.45, 2.75) is 12.5 Å². The summed E-state index contributed by atoms with van der Waals surface area (Å²) in [6.07, 6.45) is 0.550.